The molecule has 0 rings (SSSR count). The van der Waals surface area contributed by atoms with Crippen molar-refractivity contribution in [3.8, 4) is 0 Å². The monoisotopic (exact) mass is 450 g/mol. The molecule has 0 aromatic carbocycles. The fourth-order valence-electron chi connectivity index (χ4n) is 0.289. The topological polar surface area (TPSA) is 114 Å². The molecule has 15 heavy (non-hydrogen) atoms. The molecule has 0 aliphatic heterocycles. The van der Waals surface area contributed by atoms with Gasteiger partial charge in [-0.05, 0) is 0 Å². The Kier molecular flexibility index (Phi) is 13.0. The largest absolute Gasteiger partial charge is 2.00 e. The fraction of sp³-hybridized carbons (Fsp3) is 0.333. The van der Waals surface area contributed by atoms with Gasteiger partial charge in [0.2, 0.25) is 0 Å². The van der Waals surface area contributed by atoms with Crippen LogP contribution in [0.1, 0.15) is 0 Å². The van der Waals surface area contributed by atoms with E-state index in [1.54, 1.807) is 0 Å². The van der Waals surface area contributed by atoms with Crippen LogP contribution in [0.15, 0.2) is 25.3 Å². The summed E-state index contributed by atoms with van der Waals surface area (Å²) in [6.45, 7) is 6.13. The van der Waals surface area contributed by atoms with Crippen molar-refractivity contribution in [1.82, 2.24) is 0 Å². The zero-order chi connectivity index (χ0) is 11.8. The van der Waals surface area contributed by atoms with Crippen molar-refractivity contribution >= 4 is 47.5 Å². The van der Waals surface area contributed by atoms with E-state index >= 15 is 0 Å². The summed E-state index contributed by atoms with van der Waals surface area (Å²) < 4.78 is 57.6. The third kappa shape index (κ3) is 31.4. The van der Waals surface area contributed by atoms with Gasteiger partial charge < -0.3 is 9.11 Å². The molecule has 0 saturated heterocycles. The first-order valence-electron chi connectivity index (χ1n) is 3.21. The Bertz CT molecular complexity index is 330. The maximum atomic E-state index is 9.60. The van der Waals surface area contributed by atoms with E-state index in [2.05, 4.69) is 13.2 Å². The molecule has 0 aromatic heterocycles. The molecule has 86 valence electrons. The van der Waals surface area contributed by atoms with Crippen LogP contribution in [0.2, 0.25) is 0 Å². The molecular weight excluding hydrogens is 439 g/mol. The Labute approximate surface area is 110 Å². The van der Waals surface area contributed by atoms with Gasteiger partial charge in [0.1, 0.15) is 0 Å². The van der Waals surface area contributed by atoms with Gasteiger partial charge in [0, 0.05) is 0 Å². The van der Waals surface area contributed by atoms with Gasteiger partial charge in [0.25, 0.3) is 0 Å². The zero-order valence-corrected chi connectivity index (χ0v) is 13.3. The number of rotatable bonds is 4. The quantitative estimate of drug-likeness (QED) is 0.311. The molecule has 2 radical (unpaired) electrons. The zero-order valence-electron chi connectivity index (χ0n) is 7.75. The summed E-state index contributed by atoms with van der Waals surface area (Å²) in [5.41, 5.74) is 0. The second-order valence-corrected chi connectivity index (χ2v) is 4.92. The molecule has 0 heterocycles. The van der Waals surface area contributed by atoms with Crippen LogP contribution in [0.5, 0.6) is 0 Å². The Morgan fingerprint density at radius 3 is 1.07 bits per heavy atom. The predicted molar refractivity (Wildman–Crippen MR) is 55.3 cm³/mol. The normalized spacial score (nSPS) is 10.3. The summed E-state index contributed by atoms with van der Waals surface area (Å²) in [5.74, 6) is -0.958. The van der Waals surface area contributed by atoms with Crippen molar-refractivity contribution in [3.05, 3.63) is 25.3 Å². The van der Waals surface area contributed by atoms with Gasteiger partial charge in [-0.2, -0.15) is 0 Å². The van der Waals surface area contributed by atoms with Crippen molar-refractivity contribution in [2.75, 3.05) is 11.5 Å². The first-order valence-corrected chi connectivity index (χ1v) is 6.37. The van der Waals surface area contributed by atoms with Gasteiger partial charge in [0.05, 0.1) is 31.7 Å². The van der Waals surface area contributed by atoms with Crippen molar-refractivity contribution in [3.63, 3.8) is 0 Å². The van der Waals surface area contributed by atoms with Crippen molar-refractivity contribution in [2.45, 2.75) is 0 Å². The summed E-state index contributed by atoms with van der Waals surface area (Å²) in [4.78, 5) is 0. The minimum atomic E-state index is -4.04. The van der Waals surface area contributed by atoms with E-state index < -0.39 is 31.7 Å². The summed E-state index contributed by atoms with van der Waals surface area (Å²) in [5, 5.41) is 0. The molecule has 0 fully saturated rings. The van der Waals surface area contributed by atoms with Crippen LogP contribution in [-0.2, 0) is 20.2 Å². The maximum absolute atomic E-state index is 9.60. The molecule has 0 aliphatic carbocycles. The predicted octanol–water partition coefficient (Wildman–Crippen LogP) is -0.946. The molecule has 0 saturated carbocycles. The Balaban J connectivity index is -0.000000180. The van der Waals surface area contributed by atoms with Crippen LogP contribution in [0, 0.1) is 0 Å². The molecule has 9 heteroatoms. The van der Waals surface area contributed by atoms with Crippen molar-refractivity contribution < 1.29 is 25.9 Å². The van der Waals surface area contributed by atoms with Gasteiger partial charge in [-0.25, -0.2) is 16.8 Å². The average Bonchev–Trinajstić information content (AvgIpc) is 1.81. The SMILES string of the molecule is C=CCS(=O)(=O)[O-].C=CCS(=O)(=O)[O-].[Pb+2]. The third-order valence-corrected chi connectivity index (χ3v) is 1.93. The second-order valence-electron chi connectivity index (χ2n) is 2.03. The van der Waals surface area contributed by atoms with E-state index in [4.69, 9.17) is 0 Å². The fourth-order valence-corrected chi connectivity index (χ4v) is 0.866. The molecule has 0 atom stereocenters. The smallest absolute Gasteiger partial charge is 0.748 e. The van der Waals surface area contributed by atoms with Gasteiger partial charge in [-0.15, -0.1) is 13.2 Å². The molecule has 0 bridgehead atoms. The van der Waals surface area contributed by atoms with Crippen LogP contribution in [0.25, 0.3) is 0 Å². The van der Waals surface area contributed by atoms with Crippen molar-refractivity contribution in [1.29, 1.82) is 0 Å². The Hall–Kier alpha value is 0.222. The minimum absolute atomic E-state index is 0. The molecular formula is C6H10O6PbS2. The molecule has 0 amide bonds. The molecule has 0 aromatic rings. The second kappa shape index (κ2) is 9.45. The average molecular weight is 449 g/mol. The summed E-state index contributed by atoms with van der Waals surface area (Å²) >= 11 is 0. The Morgan fingerprint density at radius 1 is 0.867 bits per heavy atom. The molecule has 0 N–H and O–H groups in total. The summed E-state index contributed by atoms with van der Waals surface area (Å²) in [6, 6.07) is 0. The number of hydrogen-bond acceptors (Lipinski definition) is 6. The summed E-state index contributed by atoms with van der Waals surface area (Å²) in [6.07, 6.45) is 2.12. The summed E-state index contributed by atoms with van der Waals surface area (Å²) in [7, 11) is -8.08. The van der Waals surface area contributed by atoms with E-state index in [0.29, 0.717) is 0 Å². The third-order valence-electron chi connectivity index (χ3n) is 0.644. The van der Waals surface area contributed by atoms with Crippen LogP contribution >= 0.6 is 0 Å². The van der Waals surface area contributed by atoms with Crippen LogP contribution < -0.4 is 0 Å². The van der Waals surface area contributed by atoms with E-state index in [0.717, 1.165) is 12.2 Å². The van der Waals surface area contributed by atoms with Gasteiger partial charge in [-0.1, -0.05) is 12.2 Å². The molecule has 6 nitrogen and oxygen atoms in total. The standard InChI is InChI=1S/2C3H6O3S.Pb/c2*1-2-3-7(4,5)6;/h2*2H,1,3H2,(H,4,5,6);/q;;+2/p-2. The van der Waals surface area contributed by atoms with Crippen LogP contribution in [-0.4, -0.2) is 64.7 Å². The van der Waals surface area contributed by atoms with Gasteiger partial charge >= 0.3 is 27.3 Å². The van der Waals surface area contributed by atoms with Gasteiger partial charge in [0.15, 0.2) is 0 Å². The molecule has 0 unspecified atom stereocenters. The Morgan fingerprint density at radius 2 is 1.07 bits per heavy atom. The maximum Gasteiger partial charge on any atom is 2.00 e. The van der Waals surface area contributed by atoms with Crippen LogP contribution in [0.3, 0.4) is 0 Å². The molecule has 0 aliphatic rings. The van der Waals surface area contributed by atoms with E-state index in [9.17, 15) is 25.9 Å². The van der Waals surface area contributed by atoms with Crippen LogP contribution in [0.4, 0.5) is 0 Å². The molecule has 0 spiro atoms. The van der Waals surface area contributed by atoms with E-state index in [1.165, 1.54) is 0 Å². The van der Waals surface area contributed by atoms with Crippen molar-refractivity contribution in [2.24, 2.45) is 0 Å². The first kappa shape index (κ1) is 20.6. The minimum Gasteiger partial charge on any atom is -0.748 e. The van der Waals surface area contributed by atoms with E-state index in [1.807, 2.05) is 0 Å². The first-order chi connectivity index (χ1) is 6.12. The number of hydrogen-bond donors (Lipinski definition) is 0. The van der Waals surface area contributed by atoms with Gasteiger partial charge in [-0.3, -0.25) is 0 Å². The van der Waals surface area contributed by atoms with E-state index in [-0.39, 0.29) is 27.3 Å².